The average Bonchev–Trinajstić information content (AvgIpc) is 2.71. The molecular weight excluding hydrogens is 341 g/mol. The van der Waals surface area contributed by atoms with Gasteiger partial charge < -0.3 is 11.1 Å². The number of halogens is 2. The zero-order valence-electron chi connectivity index (χ0n) is 12.4. The third-order valence-electron chi connectivity index (χ3n) is 2.96. The van der Waals surface area contributed by atoms with Crippen molar-refractivity contribution in [3.05, 3.63) is 45.4 Å². The number of nitrogens with two attached hydrogens (primary N) is 1. The van der Waals surface area contributed by atoms with Gasteiger partial charge in [0.2, 0.25) is 5.91 Å². The molecule has 1 aromatic carbocycles. The van der Waals surface area contributed by atoms with Crippen molar-refractivity contribution in [2.75, 3.05) is 5.32 Å². The first-order valence-electron chi connectivity index (χ1n) is 6.71. The monoisotopic (exact) mass is 359 g/mol. The zero-order chi connectivity index (χ0) is 15.4. The number of anilines is 1. The molecule has 120 valence electrons. The Morgan fingerprint density at radius 2 is 2.14 bits per heavy atom. The van der Waals surface area contributed by atoms with E-state index >= 15 is 0 Å². The van der Waals surface area contributed by atoms with E-state index in [2.05, 4.69) is 10.3 Å². The molecular formula is C15H19Cl2N3OS. The van der Waals surface area contributed by atoms with Crippen molar-refractivity contribution < 1.29 is 4.79 Å². The topological polar surface area (TPSA) is 68.0 Å². The molecule has 1 heterocycles. The fourth-order valence-electron chi connectivity index (χ4n) is 1.92. The molecule has 4 nitrogen and oxygen atoms in total. The van der Waals surface area contributed by atoms with Crippen LogP contribution in [0.1, 0.15) is 29.5 Å². The number of benzene rings is 1. The standard InChI is InChI=1S/C15H18ClN3OS.ClH/c1-9(17)7-14(20)19-15-18-10(2)13(21-15)8-11-5-3-4-6-12(11)16;/h3-6,9H,7-8,17H2,1-2H3,(H,18,19,20);1H. The van der Waals surface area contributed by atoms with Crippen LogP contribution >= 0.6 is 35.3 Å². The number of rotatable bonds is 5. The predicted octanol–water partition coefficient (Wildman–Crippen LogP) is 3.79. The summed E-state index contributed by atoms with van der Waals surface area (Å²) in [5, 5.41) is 4.15. The molecule has 0 aliphatic carbocycles. The SMILES string of the molecule is Cc1nc(NC(=O)CC(C)N)sc1Cc1ccccc1Cl.Cl. The van der Waals surface area contributed by atoms with Crippen molar-refractivity contribution in [3.63, 3.8) is 0 Å². The van der Waals surface area contributed by atoms with Crippen LogP contribution in [0.2, 0.25) is 5.02 Å². The number of carbonyl (C=O) groups is 1. The minimum atomic E-state index is -0.159. The van der Waals surface area contributed by atoms with Crippen LogP contribution in [0.3, 0.4) is 0 Å². The highest BCUT2D eigenvalue weighted by atomic mass is 35.5. The molecule has 0 saturated carbocycles. The highest BCUT2D eigenvalue weighted by Gasteiger charge is 2.12. The van der Waals surface area contributed by atoms with E-state index in [4.69, 9.17) is 17.3 Å². The molecule has 7 heteroatoms. The molecule has 1 amide bonds. The highest BCUT2D eigenvalue weighted by molar-refractivity contribution is 7.15. The number of hydrogen-bond donors (Lipinski definition) is 2. The van der Waals surface area contributed by atoms with Gasteiger partial charge in [-0.15, -0.1) is 23.7 Å². The van der Waals surface area contributed by atoms with Gasteiger partial charge in [-0.2, -0.15) is 0 Å². The first kappa shape index (κ1) is 18.9. The van der Waals surface area contributed by atoms with Gasteiger partial charge in [0, 0.05) is 28.8 Å². The summed E-state index contributed by atoms with van der Waals surface area (Å²) in [5.74, 6) is -0.108. The number of aromatic nitrogens is 1. The molecule has 1 atom stereocenters. The third-order valence-corrected chi connectivity index (χ3v) is 4.40. The normalized spacial score (nSPS) is 11.6. The average molecular weight is 360 g/mol. The van der Waals surface area contributed by atoms with Crippen LogP contribution in [0.4, 0.5) is 5.13 Å². The van der Waals surface area contributed by atoms with Gasteiger partial charge in [-0.3, -0.25) is 4.79 Å². The van der Waals surface area contributed by atoms with E-state index in [9.17, 15) is 4.79 Å². The Bertz CT molecular complexity index is 643. The second kappa shape index (κ2) is 8.48. The lowest BCUT2D eigenvalue weighted by molar-refractivity contribution is -0.116. The number of nitrogens with one attached hydrogen (secondary N) is 1. The Kier molecular flexibility index (Phi) is 7.29. The number of carbonyl (C=O) groups excluding carboxylic acids is 1. The fraction of sp³-hybridized carbons (Fsp3) is 0.333. The summed E-state index contributed by atoms with van der Waals surface area (Å²) in [6.45, 7) is 3.74. The number of thiazole rings is 1. The van der Waals surface area contributed by atoms with Crippen LogP contribution in [0, 0.1) is 6.92 Å². The maximum atomic E-state index is 11.7. The molecule has 3 N–H and O–H groups in total. The third kappa shape index (κ3) is 5.25. The quantitative estimate of drug-likeness (QED) is 0.852. The molecule has 0 bridgehead atoms. The maximum absolute atomic E-state index is 11.7. The van der Waals surface area contributed by atoms with Gasteiger partial charge in [-0.05, 0) is 25.5 Å². The molecule has 2 aromatic rings. The number of nitrogens with zero attached hydrogens (tertiary/aromatic N) is 1. The van der Waals surface area contributed by atoms with Gasteiger partial charge in [-0.1, -0.05) is 29.8 Å². The zero-order valence-corrected chi connectivity index (χ0v) is 14.8. The van der Waals surface area contributed by atoms with E-state index in [1.165, 1.54) is 11.3 Å². The number of aryl methyl sites for hydroxylation is 1. The molecule has 2 rings (SSSR count). The Morgan fingerprint density at radius 3 is 2.77 bits per heavy atom. The van der Waals surface area contributed by atoms with Crippen molar-refractivity contribution in [2.45, 2.75) is 32.7 Å². The molecule has 22 heavy (non-hydrogen) atoms. The molecule has 0 aliphatic heterocycles. The minimum absolute atomic E-state index is 0. The number of amides is 1. The van der Waals surface area contributed by atoms with Crippen molar-refractivity contribution in [3.8, 4) is 0 Å². The van der Waals surface area contributed by atoms with Crippen LogP contribution in [0.15, 0.2) is 24.3 Å². The fourth-order valence-corrected chi connectivity index (χ4v) is 3.13. The van der Waals surface area contributed by atoms with Gasteiger partial charge in [0.25, 0.3) is 0 Å². The van der Waals surface area contributed by atoms with E-state index in [1.54, 1.807) is 6.92 Å². The van der Waals surface area contributed by atoms with E-state index in [-0.39, 0.29) is 24.4 Å². The summed E-state index contributed by atoms with van der Waals surface area (Å²) < 4.78 is 0. The van der Waals surface area contributed by atoms with Gasteiger partial charge in [0.1, 0.15) is 0 Å². The smallest absolute Gasteiger partial charge is 0.227 e. The second-order valence-electron chi connectivity index (χ2n) is 5.03. The Balaban J connectivity index is 0.00000242. The summed E-state index contributed by atoms with van der Waals surface area (Å²) in [6.07, 6.45) is 1.00. The molecule has 0 aliphatic rings. The minimum Gasteiger partial charge on any atom is -0.327 e. The molecule has 0 fully saturated rings. The first-order chi connectivity index (χ1) is 9.95. The second-order valence-corrected chi connectivity index (χ2v) is 6.52. The first-order valence-corrected chi connectivity index (χ1v) is 7.90. The van der Waals surface area contributed by atoms with Gasteiger partial charge in [0.15, 0.2) is 5.13 Å². The summed E-state index contributed by atoms with van der Waals surface area (Å²) in [4.78, 5) is 17.2. The Hall–Kier alpha value is -1.14. The lowest BCUT2D eigenvalue weighted by atomic mass is 10.1. The van der Waals surface area contributed by atoms with Crippen LogP contribution in [-0.2, 0) is 11.2 Å². The summed E-state index contributed by atoms with van der Waals surface area (Å²) >= 11 is 7.65. The molecule has 1 aromatic heterocycles. The maximum Gasteiger partial charge on any atom is 0.227 e. The van der Waals surface area contributed by atoms with Crippen LogP contribution in [0.25, 0.3) is 0 Å². The van der Waals surface area contributed by atoms with Gasteiger partial charge in [0.05, 0.1) is 5.69 Å². The van der Waals surface area contributed by atoms with E-state index in [0.29, 0.717) is 18.0 Å². The predicted molar refractivity (Wildman–Crippen MR) is 95.3 cm³/mol. The van der Waals surface area contributed by atoms with Gasteiger partial charge >= 0.3 is 0 Å². The Labute approximate surface area is 145 Å². The van der Waals surface area contributed by atoms with Crippen LogP contribution < -0.4 is 11.1 Å². The molecule has 1 unspecified atom stereocenters. The lowest BCUT2D eigenvalue weighted by Gasteiger charge is -2.03. The van der Waals surface area contributed by atoms with Crippen molar-refractivity contribution in [2.24, 2.45) is 5.73 Å². The Morgan fingerprint density at radius 1 is 1.45 bits per heavy atom. The summed E-state index contributed by atoms with van der Waals surface area (Å²) in [7, 11) is 0. The highest BCUT2D eigenvalue weighted by Crippen LogP contribution is 2.27. The van der Waals surface area contributed by atoms with Gasteiger partial charge in [-0.25, -0.2) is 4.98 Å². The lowest BCUT2D eigenvalue weighted by Crippen LogP contribution is -2.23. The van der Waals surface area contributed by atoms with Crippen LogP contribution in [0.5, 0.6) is 0 Å². The number of hydrogen-bond acceptors (Lipinski definition) is 4. The van der Waals surface area contributed by atoms with Crippen LogP contribution in [-0.4, -0.2) is 16.9 Å². The largest absolute Gasteiger partial charge is 0.327 e. The van der Waals surface area contributed by atoms with E-state index < -0.39 is 0 Å². The van der Waals surface area contributed by atoms with Crippen molar-refractivity contribution in [1.82, 2.24) is 4.98 Å². The summed E-state index contributed by atoms with van der Waals surface area (Å²) in [5.41, 5.74) is 7.58. The molecule has 0 saturated heterocycles. The van der Waals surface area contributed by atoms with E-state index in [0.717, 1.165) is 21.2 Å². The molecule has 0 spiro atoms. The van der Waals surface area contributed by atoms with Crippen molar-refractivity contribution in [1.29, 1.82) is 0 Å². The summed E-state index contributed by atoms with van der Waals surface area (Å²) in [6, 6.07) is 7.58. The molecule has 0 radical (unpaired) electrons. The van der Waals surface area contributed by atoms with E-state index in [1.807, 2.05) is 31.2 Å². The van der Waals surface area contributed by atoms with Crippen molar-refractivity contribution >= 4 is 46.4 Å².